The predicted molar refractivity (Wildman–Crippen MR) is 127 cm³/mol. The van der Waals surface area contributed by atoms with E-state index >= 15 is 0 Å². The van der Waals surface area contributed by atoms with Crippen molar-refractivity contribution in [1.29, 1.82) is 0 Å². The highest BCUT2D eigenvalue weighted by molar-refractivity contribution is 6.31. The lowest BCUT2D eigenvalue weighted by atomic mass is 10.0. The summed E-state index contributed by atoms with van der Waals surface area (Å²) in [6.45, 7) is 6.71. The lowest BCUT2D eigenvalue weighted by Gasteiger charge is -2.36. The first-order valence-corrected chi connectivity index (χ1v) is 11.1. The van der Waals surface area contributed by atoms with Crippen LogP contribution in [0, 0.1) is 5.92 Å². The van der Waals surface area contributed by atoms with Gasteiger partial charge in [0.15, 0.2) is 0 Å². The number of halogens is 2. The zero-order valence-corrected chi connectivity index (χ0v) is 19.1. The molecule has 0 atom stereocenters. The number of aromatic nitrogens is 2. The fourth-order valence-corrected chi connectivity index (χ4v) is 3.93. The first-order chi connectivity index (χ1) is 14.9. The van der Waals surface area contributed by atoms with E-state index in [0.29, 0.717) is 23.1 Å². The highest BCUT2D eigenvalue weighted by Crippen LogP contribution is 2.32. The van der Waals surface area contributed by atoms with Crippen molar-refractivity contribution in [2.24, 2.45) is 5.92 Å². The summed E-state index contributed by atoms with van der Waals surface area (Å²) < 4.78 is 0. The van der Waals surface area contributed by atoms with Crippen LogP contribution in [0.2, 0.25) is 10.0 Å². The molecular weight excluding hydrogens is 431 g/mol. The van der Waals surface area contributed by atoms with Gasteiger partial charge in [-0.25, -0.2) is 4.98 Å². The molecule has 1 amide bonds. The van der Waals surface area contributed by atoms with Crippen molar-refractivity contribution in [3.05, 3.63) is 64.8 Å². The van der Waals surface area contributed by atoms with Gasteiger partial charge in [-0.2, -0.15) is 0 Å². The van der Waals surface area contributed by atoms with Gasteiger partial charge >= 0.3 is 0 Å². The molecule has 0 bridgehead atoms. The molecule has 0 aliphatic carbocycles. The molecule has 2 heterocycles. The third kappa shape index (κ3) is 4.83. The fourth-order valence-electron chi connectivity index (χ4n) is 3.68. The summed E-state index contributed by atoms with van der Waals surface area (Å²) in [6, 6.07) is 15.2. The second-order valence-electron chi connectivity index (χ2n) is 7.91. The molecule has 4 rings (SSSR count). The van der Waals surface area contributed by atoms with Crippen LogP contribution in [0.15, 0.2) is 54.7 Å². The van der Waals surface area contributed by atoms with Gasteiger partial charge in [-0.05, 0) is 24.3 Å². The minimum absolute atomic E-state index is 0.0153. The van der Waals surface area contributed by atoms with Crippen LogP contribution < -0.4 is 4.90 Å². The van der Waals surface area contributed by atoms with E-state index in [9.17, 15) is 4.79 Å². The van der Waals surface area contributed by atoms with E-state index in [1.165, 1.54) is 0 Å². The molecular formula is C24H24Cl2N4O. The number of anilines is 1. The summed E-state index contributed by atoms with van der Waals surface area (Å²) in [5.41, 5.74) is 3.46. The highest BCUT2D eigenvalue weighted by Gasteiger charge is 2.24. The number of hydrogen-bond acceptors (Lipinski definition) is 4. The number of benzene rings is 2. The molecule has 0 radical (unpaired) electrons. The maximum absolute atomic E-state index is 12.3. The van der Waals surface area contributed by atoms with E-state index in [2.05, 4.69) is 4.90 Å². The van der Waals surface area contributed by atoms with Crippen molar-refractivity contribution >= 4 is 34.9 Å². The Morgan fingerprint density at radius 2 is 1.35 bits per heavy atom. The molecule has 5 nitrogen and oxygen atoms in total. The lowest BCUT2D eigenvalue weighted by Crippen LogP contribution is -2.50. The summed E-state index contributed by atoms with van der Waals surface area (Å²) in [5.74, 6) is 1.02. The minimum atomic E-state index is 0.0153. The molecule has 0 N–H and O–H groups in total. The highest BCUT2D eigenvalue weighted by atomic mass is 35.5. The molecule has 1 fully saturated rings. The quantitative estimate of drug-likeness (QED) is 0.527. The monoisotopic (exact) mass is 454 g/mol. The topological polar surface area (TPSA) is 49.3 Å². The molecule has 0 saturated carbocycles. The standard InChI is InChI=1S/C24H24Cl2N4O/c1-16(2)24(31)30-13-11-29(12-14-30)21-15-27-22(17-3-7-19(25)8-4-17)23(28-21)18-5-9-20(26)10-6-18/h3-10,15-16H,11-14H2,1-2H3. The Labute approximate surface area is 192 Å². The van der Waals surface area contributed by atoms with E-state index in [1.54, 1.807) is 0 Å². The van der Waals surface area contributed by atoms with Gasteiger partial charge in [0, 0.05) is 53.3 Å². The van der Waals surface area contributed by atoms with Crippen molar-refractivity contribution < 1.29 is 4.79 Å². The number of rotatable bonds is 4. The number of nitrogens with zero attached hydrogens (tertiary/aromatic N) is 4. The van der Waals surface area contributed by atoms with Gasteiger partial charge in [-0.1, -0.05) is 61.3 Å². The molecule has 0 unspecified atom stereocenters. The van der Waals surface area contributed by atoms with E-state index < -0.39 is 0 Å². The average molecular weight is 455 g/mol. The average Bonchev–Trinajstić information content (AvgIpc) is 2.79. The van der Waals surface area contributed by atoms with E-state index in [0.717, 1.165) is 41.4 Å². The van der Waals surface area contributed by atoms with Crippen LogP contribution in [0.4, 0.5) is 5.82 Å². The van der Waals surface area contributed by atoms with Gasteiger partial charge in [-0.3, -0.25) is 9.78 Å². The third-order valence-electron chi connectivity index (χ3n) is 5.40. The Hall–Kier alpha value is -2.63. The van der Waals surface area contributed by atoms with Crippen molar-refractivity contribution in [1.82, 2.24) is 14.9 Å². The largest absolute Gasteiger partial charge is 0.352 e. The Morgan fingerprint density at radius 3 is 1.87 bits per heavy atom. The van der Waals surface area contributed by atoms with E-state index in [4.69, 9.17) is 33.2 Å². The normalized spacial score (nSPS) is 14.2. The van der Waals surface area contributed by atoms with Gasteiger partial charge in [0.25, 0.3) is 0 Å². The van der Waals surface area contributed by atoms with E-state index in [1.807, 2.05) is 73.5 Å². The van der Waals surface area contributed by atoms with Gasteiger partial charge in [0.2, 0.25) is 5.91 Å². The van der Waals surface area contributed by atoms with Crippen LogP contribution in [0.25, 0.3) is 22.5 Å². The zero-order chi connectivity index (χ0) is 22.0. The Kier molecular flexibility index (Phi) is 6.44. The van der Waals surface area contributed by atoms with Crippen LogP contribution in [-0.2, 0) is 4.79 Å². The van der Waals surface area contributed by atoms with Crippen LogP contribution in [0.1, 0.15) is 13.8 Å². The number of carbonyl (C=O) groups excluding carboxylic acids is 1. The maximum atomic E-state index is 12.3. The summed E-state index contributed by atoms with van der Waals surface area (Å²) in [5, 5.41) is 1.35. The van der Waals surface area contributed by atoms with Gasteiger partial charge in [0.05, 0.1) is 17.6 Å². The van der Waals surface area contributed by atoms with Crippen LogP contribution in [0.5, 0.6) is 0 Å². The number of amides is 1. The van der Waals surface area contributed by atoms with Crippen LogP contribution in [-0.4, -0.2) is 47.0 Å². The number of hydrogen-bond donors (Lipinski definition) is 0. The molecule has 7 heteroatoms. The zero-order valence-electron chi connectivity index (χ0n) is 17.6. The van der Waals surface area contributed by atoms with E-state index in [-0.39, 0.29) is 11.8 Å². The van der Waals surface area contributed by atoms with Crippen LogP contribution in [0.3, 0.4) is 0 Å². The SMILES string of the molecule is CC(C)C(=O)N1CCN(c2cnc(-c3ccc(Cl)cc3)c(-c3ccc(Cl)cc3)n2)CC1. The number of piperazine rings is 1. The number of carbonyl (C=O) groups is 1. The van der Waals surface area contributed by atoms with Crippen molar-refractivity contribution in [2.45, 2.75) is 13.8 Å². The Bertz CT molecular complexity index is 1060. The smallest absolute Gasteiger partial charge is 0.225 e. The van der Waals surface area contributed by atoms with Crippen LogP contribution >= 0.6 is 23.2 Å². The lowest BCUT2D eigenvalue weighted by molar-refractivity contribution is -0.134. The van der Waals surface area contributed by atoms with Crippen molar-refractivity contribution in [3.8, 4) is 22.5 Å². The van der Waals surface area contributed by atoms with Crippen molar-refractivity contribution in [3.63, 3.8) is 0 Å². The summed E-state index contributed by atoms with van der Waals surface area (Å²) in [4.78, 5) is 26.2. The van der Waals surface area contributed by atoms with Gasteiger partial charge < -0.3 is 9.80 Å². The Morgan fingerprint density at radius 1 is 0.839 bits per heavy atom. The van der Waals surface area contributed by atoms with Crippen molar-refractivity contribution in [2.75, 3.05) is 31.1 Å². The first-order valence-electron chi connectivity index (χ1n) is 10.3. The molecule has 0 spiro atoms. The molecule has 1 aliphatic rings. The first kappa shape index (κ1) is 21.6. The van der Waals surface area contributed by atoms with Gasteiger partial charge in [0.1, 0.15) is 5.82 Å². The summed E-state index contributed by atoms with van der Waals surface area (Å²) in [6.07, 6.45) is 1.81. The molecule has 3 aromatic rings. The molecule has 2 aromatic carbocycles. The molecule has 31 heavy (non-hydrogen) atoms. The Balaban J connectivity index is 1.66. The predicted octanol–water partition coefficient (Wildman–Crippen LogP) is 5.42. The molecule has 1 aromatic heterocycles. The third-order valence-corrected chi connectivity index (χ3v) is 5.91. The molecule has 160 valence electrons. The second kappa shape index (κ2) is 9.25. The summed E-state index contributed by atoms with van der Waals surface area (Å²) in [7, 11) is 0. The summed E-state index contributed by atoms with van der Waals surface area (Å²) >= 11 is 12.2. The molecule has 1 aliphatic heterocycles. The van der Waals surface area contributed by atoms with Gasteiger partial charge in [-0.15, -0.1) is 0 Å². The second-order valence-corrected chi connectivity index (χ2v) is 8.78. The molecule has 1 saturated heterocycles. The maximum Gasteiger partial charge on any atom is 0.225 e. The minimum Gasteiger partial charge on any atom is -0.352 e. The fraction of sp³-hybridized carbons (Fsp3) is 0.292.